The van der Waals surface area contributed by atoms with Crippen LogP contribution >= 0.6 is 0 Å². The van der Waals surface area contributed by atoms with Crippen LogP contribution in [0.4, 0.5) is 5.69 Å². The molecule has 0 aliphatic carbocycles. The first kappa shape index (κ1) is 19.5. The topological polar surface area (TPSA) is 39.7 Å². The van der Waals surface area contributed by atoms with Crippen LogP contribution in [0.25, 0.3) is 0 Å². The SMILES string of the molecule is C/C=C/COC1C(OC)c2cc(NCc3ccccc3)ccc2OC1(C)C. The van der Waals surface area contributed by atoms with Crippen molar-refractivity contribution >= 4 is 5.69 Å². The maximum Gasteiger partial charge on any atom is 0.132 e. The van der Waals surface area contributed by atoms with Gasteiger partial charge in [0, 0.05) is 24.9 Å². The van der Waals surface area contributed by atoms with Crippen molar-refractivity contribution < 1.29 is 14.2 Å². The molecule has 0 bridgehead atoms. The molecule has 3 rings (SSSR count). The molecule has 0 fully saturated rings. The van der Waals surface area contributed by atoms with E-state index < -0.39 is 5.60 Å². The molecule has 0 radical (unpaired) electrons. The van der Waals surface area contributed by atoms with Crippen molar-refractivity contribution in [3.05, 3.63) is 71.8 Å². The molecule has 4 heteroatoms. The second kappa shape index (κ2) is 8.59. The molecule has 0 saturated carbocycles. The number of hydrogen-bond donors (Lipinski definition) is 1. The Morgan fingerprint density at radius 1 is 1.15 bits per heavy atom. The van der Waals surface area contributed by atoms with Crippen LogP contribution in [-0.2, 0) is 16.0 Å². The molecule has 27 heavy (non-hydrogen) atoms. The lowest BCUT2D eigenvalue weighted by atomic mass is 9.88. The van der Waals surface area contributed by atoms with Gasteiger partial charge in [-0.3, -0.25) is 0 Å². The molecular weight excluding hydrogens is 338 g/mol. The lowest BCUT2D eigenvalue weighted by Gasteiger charge is -2.43. The Hall–Kier alpha value is -2.30. The van der Waals surface area contributed by atoms with E-state index in [1.165, 1.54) is 5.56 Å². The molecule has 0 saturated heterocycles. The molecule has 1 N–H and O–H groups in total. The highest BCUT2D eigenvalue weighted by molar-refractivity contribution is 5.53. The van der Waals surface area contributed by atoms with Crippen LogP contribution in [0.15, 0.2) is 60.7 Å². The number of ether oxygens (including phenoxy) is 3. The van der Waals surface area contributed by atoms with Crippen molar-refractivity contribution in [2.75, 3.05) is 19.0 Å². The molecule has 1 aliphatic rings. The van der Waals surface area contributed by atoms with Gasteiger partial charge in [-0.05, 0) is 44.5 Å². The van der Waals surface area contributed by atoms with Gasteiger partial charge >= 0.3 is 0 Å². The smallest absolute Gasteiger partial charge is 0.132 e. The van der Waals surface area contributed by atoms with Gasteiger partial charge in [0.05, 0.1) is 6.61 Å². The van der Waals surface area contributed by atoms with Crippen LogP contribution in [0.3, 0.4) is 0 Å². The van der Waals surface area contributed by atoms with E-state index >= 15 is 0 Å². The summed E-state index contributed by atoms with van der Waals surface area (Å²) in [4.78, 5) is 0. The summed E-state index contributed by atoms with van der Waals surface area (Å²) in [6, 6.07) is 16.5. The Bertz CT molecular complexity index is 770. The maximum absolute atomic E-state index is 6.26. The zero-order chi connectivity index (χ0) is 19.3. The number of anilines is 1. The van der Waals surface area contributed by atoms with Crippen molar-refractivity contribution in [3.63, 3.8) is 0 Å². The Labute approximate surface area is 162 Å². The average molecular weight is 367 g/mol. The first-order valence-electron chi connectivity index (χ1n) is 9.41. The minimum absolute atomic E-state index is 0.188. The molecular formula is C23H29NO3. The zero-order valence-electron chi connectivity index (χ0n) is 16.6. The summed E-state index contributed by atoms with van der Waals surface area (Å²) in [5.74, 6) is 0.850. The second-order valence-electron chi connectivity index (χ2n) is 7.28. The van der Waals surface area contributed by atoms with Crippen molar-refractivity contribution in [1.82, 2.24) is 0 Å². The third-order valence-corrected chi connectivity index (χ3v) is 4.85. The summed E-state index contributed by atoms with van der Waals surface area (Å²) in [5, 5.41) is 3.48. The van der Waals surface area contributed by atoms with Crippen molar-refractivity contribution in [1.29, 1.82) is 0 Å². The van der Waals surface area contributed by atoms with E-state index in [4.69, 9.17) is 14.2 Å². The minimum atomic E-state index is -0.478. The quantitative estimate of drug-likeness (QED) is 0.690. The summed E-state index contributed by atoms with van der Waals surface area (Å²) in [6.45, 7) is 7.38. The Balaban J connectivity index is 1.82. The summed E-state index contributed by atoms with van der Waals surface area (Å²) in [7, 11) is 1.73. The fourth-order valence-corrected chi connectivity index (χ4v) is 3.44. The van der Waals surface area contributed by atoms with Crippen LogP contribution in [0.5, 0.6) is 5.75 Å². The Kier molecular flexibility index (Phi) is 6.19. The third kappa shape index (κ3) is 4.52. The lowest BCUT2D eigenvalue weighted by molar-refractivity contribution is -0.148. The van der Waals surface area contributed by atoms with Crippen LogP contribution < -0.4 is 10.1 Å². The molecule has 1 heterocycles. The van der Waals surface area contributed by atoms with Crippen molar-refractivity contribution in [3.8, 4) is 5.75 Å². The summed E-state index contributed by atoms with van der Waals surface area (Å²) in [5.41, 5.74) is 2.81. The fraction of sp³-hybridized carbons (Fsp3) is 0.391. The van der Waals surface area contributed by atoms with Crippen molar-refractivity contribution in [2.45, 2.75) is 45.1 Å². The number of fused-ring (bicyclic) bond motifs is 1. The van der Waals surface area contributed by atoms with Crippen LogP contribution in [-0.4, -0.2) is 25.4 Å². The van der Waals surface area contributed by atoms with Gasteiger partial charge in [0.15, 0.2) is 0 Å². The third-order valence-electron chi connectivity index (χ3n) is 4.85. The van der Waals surface area contributed by atoms with E-state index in [1.54, 1.807) is 7.11 Å². The molecule has 2 aromatic rings. The predicted octanol–water partition coefficient (Wildman–Crippen LogP) is 5.12. The number of hydrogen-bond acceptors (Lipinski definition) is 4. The van der Waals surface area contributed by atoms with Crippen LogP contribution in [0.2, 0.25) is 0 Å². The number of methoxy groups -OCH3 is 1. The summed E-state index contributed by atoms with van der Waals surface area (Å²) >= 11 is 0. The molecule has 2 atom stereocenters. The van der Waals surface area contributed by atoms with Gasteiger partial charge in [-0.25, -0.2) is 0 Å². The monoisotopic (exact) mass is 367 g/mol. The second-order valence-corrected chi connectivity index (χ2v) is 7.28. The molecule has 144 valence electrons. The number of nitrogens with one attached hydrogen (secondary N) is 1. The van der Waals surface area contributed by atoms with E-state index in [-0.39, 0.29) is 12.2 Å². The van der Waals surface area contributed by atoms with E-state index in [0.717, 1.165) is 23.5 Å². The zero-order valence-corrected chi connectivity index (χ0v) is 16.6. The van der Waals surface area contributed by atoms with E-state index in [2.05, 4.69) is 23.5 Å². The standard InChI is InChI=1S/C23H29NO3/c1-5-6-14-26-22-21(25-4)19-15-18(12-13-20(19)27-23(22,2)3)24-16-17-10-8-7-9-11-17/h5-13,15,21-22,24H,14,16H2,1-4H3/b6-5+. The van der Waals surface area contributed by atoms with Crippen molar-refractivity contribution in [2.24, 2.45) is 0 Å². The van der Waals surface area contributed by atoms with E-state index in [1.807, 2.05) is 63.3 Å². The highest BCUT2D eigenvalue weighted by Gasteiger charge is 2.45. The fourth-order valence-electron chi connectivity index (χ4n) is 3.44. The molecule has 0 amide bonds. The molecule has 2 aromatic carbocycles. The average Bonchev–Trinajstić information content (AvgIpc) is 2.67. The van der Waals surface area contributed by atoms with Crippen LogP contribution in [0.1, 0.15) is 38.0 Å². The van der Waals surface area contributed by atoms with Gasteiger partial charge in [0.2, 0.25) is 0 Å². The molecule has 2 unspecified atom stereocenters. The first-order chi connectivity index (χ1) is 13.0. The molecule has 0 aromatic heterocycles. The van der Waals surface area contributed by atoms with Gasteiger partial charge in [-0.2, -0.15) is 0 Å². The lowest BCUT2D eigenvalue weighted by Crippen LogP contribution is -2.50. The highest BCUT2D eigenvalue weighted by atomic mass is 16.6. The molecule has 1 aliphatic heterocycles. The Morgan fingerprint density at radius 3 is 2.63 bits per heavy atom. The van der Waals surface area contributed by atoms with E-state index in [9.17, 15) is 0 Å². The predicted molar refractivity (Wildman–Crippen MR) is 109 cm³/mol. The normalized spacial score (nSPS) is 20.9. The number of rotatable bonds is 7. The molecule has 4 nitrogen and oxygen atoms in total. The van der Waals surface area contributed by atoms with E-state index in [0.29, 0.717) is 6.61 Å². The maximum atomic E-state index is 6.26. The van der Waals surface area contributed by atoms with Gasteiger partial charge in [0.25, 0.3) is 0 Å². The largest absolute Gasteiger partial charge is 0.485 e. The molecule has 0 spiro atoms. The van der Waals surface area contributed by atoms with Gasteiger partial charge < -0.3 is 19.5 Å². The minimum Gasteiger partial charge on any atom is -0.485 e. The number of benzene rings is 2. The highest BCUT2D eigenvalue weighted by Crippen LogP contribution is 2.44. The summed E-state index contributed by atoms with van der Waals surface area (Å²) in [6.07, 6.45) is 3.59. The van der Waals surface area contributed by atoms with Gasteiger partial charge in [-0.1, -0.05) is 42.5 Å². The van der Waals surface area contributed by atoms with Gasteiger partial charge in [0.1, 0.15) is 23.6 Å². The van der Waals surface area contributed by atoms with Crippen LogP contribution in [0, 0.1) is 0 Å². The first-order valence-corrected chi connectivity index (χ1v) is 9.41. The Morgan fingerprint density at radius 2 is 1.93 bits per heavy atom. The number of allylic oxidation sites excluding steroid dienone is 1. The summed E-state index contributed by atoms with van der Waals surface area (Å²) < 4.78 is 18.2. The van der Waals surface area contributed by atoms with Gasteiger partial charge in [-0.15, -0.1) is 0 Å².